The largest absolute Gasteiger partial charge is 0.494 e. The molecule has 1 saturated heterocycles. The summed E-state index contributed by atoms with van der Waals surface area (Å²) in [6.07, 6.45) is 2.38. The smallest absolute Gasteiger partial charge is 0.222 e. The van der Waals surface area contributed by atoms with Crippen LogP contribution in [0.25, 0.3) is 0 Å². The van der Waals surface area contributed by atoms with Gasteiger partial charge in [-0.05, 0) is 42.5 Å². The van der Waals surface area contributed by atoms with Crippen molar-refractivity contribution >= 4 is 18.3 Å². The molecule has 0 bridgehead atoms. The van der Waals surface area contributed by atoms with Gasteiger partial charge in [0.15, 0.2) is 0 Å². The lowest BCUT2D eigenvalue weighted by Crippen LogP contribution is -2.34. The van der Waals surface area contributed by atoms with E-state index < -0.39 is 0 Å². The molecule has 0 radical (unpaired) electrons. The Balaban J connectivity index is 0.00000288. The molecule has 1 N–H and O–H groups in total. The van der Waals surface area contributed by atoms with Crippen LogP contribution in [0.5, 0.6) is 5.75 Å². The predicted molar refractivity (Wildman–Crippen MR) is 101 cm³/mol. The second-order valence-electron chi connectivity index (χ2n) is 7.21. The lowest BCUT2D eigenvalue weighted by molar-refractivity contribution is -0.131. The van der Waals surface area contributed by atoms with Gasteiger partial charge in [-0.15, -0.1) is 12.4 Å². The summed E-state index contributed by atoms with van der Waals surface area (Å²) in [7, 11) is 0. The lowest BCUT2D eigenvalue weighted by atomic mass is 9.87. The quantitative estimate of drug-likeness (QED) is 0.824. The van der Waals surface area contributed by atoms with E-state index in [-0.39, 0.29) is 23.7 Å². The van der Waals surface area contributed by atoms with Crippen molar-refractivity contribution in [3.05, 3.63) is 29.8 Å². The number of carbonyl (C=O) groups is 1. The number of nitrogens with one attached hydrogen (secondary N) is 1. The number of halogens is 1. The maximum absolute atomic E-state index is 12.2. The first-order valence-electron chi connectivity index (χ1n) is 8.69. The van der Waals surface area contributed by atoms with Gasteiger partial charge in [0.05, 0.1) is 6.61 Å². The average molecular weight is 355 g/mol. The molecule has 2 rings (SSSR count). The van der Waals surface area contributed by atoms with Gasteiger partial charge in [-0.25, -0.2) is 0 Å². The van der Waals surface area contributed by atoms with Crippen LogP contribution < -0.4 is 10.1 Å². The molecule has 0 atom stereocenters. The number of carbonyl (C=O) groups excluding carboxylic acids is 1. The average Bonchev–Trinajstić information content (AvgIpc) is 2.80. The molecule has 0 aromatic heterocycles. The Kier molecular flexibility index (Phi) is 8.57. The Labute approximate surface area is 152 Å². The molecule has 24 heavy (non-hydrogen) atoms. The van der Waals surface area contributed by atoms with Gasteiger partial charge in [-0.1, -0.05) is 32.9 Å². The van der Waals surface area contributed by atoms with E-state index in [0.29, 0.717) is 13.0 Å². The third-order valence-corrected chi connectivity index (χ3v) is 4.22. The van der Waals surface area contributed by atoms with Gasteiger partial charge in [0.1, 0.15) is 5.75 Å². The minimum atomic E-state index is 0. The topological polar surface area (TPSA) is 41.6 Å². The van der Waals surface area contributed by atoms with Crippen molar-refractivity contribution < 1.29 is 9.53 Å². The number of rotatable bonds is 5. The lowest BCUT2D eigenvalue weighted by Gasteiger charge is -2.20. The highest BCUT2D eigenvalue weighted by Gasteiger charge is 2.15. The summed E-state index contributed by atoms with van der Waals surface area (Å²) in [6.45, 7) is 10.8. The molecule has 1 aliphatic heterocycles. The Morgan fingerprint density at radius 2 is 1.88 bits per heavy atom. The minimum Gasteiger partial charge on any atom is -0.494 e. The fraction of sp³-hybridized carbons (Fsp3) is 0.632. The van der Waals surface area contributed by atoms with Crippen LogP contribution in [0.4, 0.5) is 0 Å². The maximum Gasteiger partial charge on any atom is 0.222 e. The molecule has 136 valence electrons. The van der Waals surface area contributed by atoms with Crippen LogP contribution in [0.3, 0.4) is 0 Å². The fourth-order valence-corrected chi connectivity index (χ4v) is 2.72. The molecule has 1 aromatic rings. The van der Waals surface area contributed by atoms with E-state index in [2.05, 4.69) is 38.2 Å². The molecule has 1 fully saturated rings. The van der Waals surface area contributed by atoms with Gasteiger partial charge >= 0.3 is 0 Å². The maximum atomic E-state index is 12.2. The Morgan fingerprint density at radius 1 is 1.17 bits per heavy atom. The number of ether oxygens (including phenoxy) is 1. The third-order valence-electron chi connectivity index (χ3n) is 4.22. The van der Waals surface area contributed by atoms with E-state index in [1.165, 1.54) is 5.56 Å². The van der Waals surface area contributed by atoms with Gasteiger partial charge in [-0.2, -0.15) is 0 Å². The summed E-state index contributed by atoms with van der Waals surface area (Å²) in [5.41, 5.74) is 1.46. The number of hydrogen-bond acceptors (Lipinski definition) is 3. The molecular formula is C19H31ClN2O2. The summed E-state index contributed by atoms with van der Waals surface area (Å²) in [5, 5.41) is 3.32. The summed E-state index contributed by atoms with van der Waals surface area (Å²) in [6, 6.07) is 8.27. The Bertz CT molecular complexity index is 489. The van der Waals surface area contributed by atoms with Crippen molar-refractivity contribution in [1.29, 1.82) is 0 Å². The summed E-state index contributed by atoms with van der Waals surface area (Å²) in [5.74, 6) is 1.13. The summed E-state index contributed by atoms with van der Waals surface area (Å²) < 4.78 is 5.75. The SMILES string of the molecule is CC(C)(C)c1ccc(OCCCC(=O)N2CCCNCC2)cc1.Cl. The zero-order valence-corrected chi connectivity index (χ0v) is 16.0. The summed E-state index contributed by atoms with van der Waals surface area (Å²) in [4.78, 5) is 14.1. The number of hydrogen-bond donors (Lipinski definition) is 1. The normalized spacial score (nSPS) is 15.4. The van der Waals surface area contributed by atoms with Crippen molar-refractivity contribution in [1.82, 2.24) is 10.2 Å². The molecule has 0 saturated carbocycles. The number of amides is 1. The molecular weight excluding hydrogens is 324 g/mol. The second kappa shape index (κ2) is 9.90. The molecule has 1 heterocycles. The van der Waals surface area contributed by atoms with Crippen molar-refractivity contribution in [2.75, 3.05) is 32.8 Å². The van der Waals surface area contributed by atoms with Crippen molar-refractivity contribution in [3.8, 4) is 5.75 Å². The molecule has 4 nitrogen and oxygen atoms in total. The van der Waals surface area contributed by atoms with E-state index in [4.69, 9.17) is 4.74 Å². The minimum absolute atomic E-state index is 0. The zero-order chi connectivity index (χ0) is 16.7. The second-order valence-corrected chi connectivity index (χ2v) is 7.21. The van der Waals surface area contributed by atoms with E-state index >= 15 is 0 Å². The van der Waals surface area contributed by atoms with Crippen LogP contribution in [-0.4, -0.2) is 43.6 Å². The monoisotopic (exact) mass is 354 g/mol. The van der Waals surface area contributed by atoms with Crippen molar-refractivity contribution in [2.45, 2.75) is 45.4 Å². The van der Waals surface area contributed by atoms with Crippen LogP contribution in [0, 0.1) is 0 Å². The Hall–Kier alpha value is -1.26. The van der Waals surface area contributed by atoms with Crippen LogP contribution in [-0.2, 0) is 10.2 Å². The van der Waals surface area contributed by atoms with Gasteiger partial charge in [0.2, 0.25) is 5.91 Å². The molecule has 5 heteroatoms. The van der Waals surface area contributed by atoms with E-state index in [0.717, 1.165) is 44.8 Å². The number of nitrogens with zero attached hydrogens (tertiary/aromatic N) is 1. The molecule has 0 unspecified atom stereocenters. The van der Waals surface area contributed by atoms with Crippen LogP contribution in [0.2, 0.25) is 0 Å². The van der Waals surface area contributed by atoms with E-state index in [1.807, 2.05) is 17.0 Å². The highest BCUT2D eigenvalue weighted by molar-refractivity contribution is 5.85. The Morgan fingerprint density at radius 3 is 2.54 bits per heavy atom. The third kappa shape index (κ3) is 6.70. The molecule has 0 spiro atoms. The van der Waals surface area contributed by atoms with E-state index in [1.54, 1.807) is 0 Å². The van der Waals surface area contributed by atoms with Gasteiger partial charge in [0.25, 0.3) is 0 Å². The molecule has 1 aliphatic rings. The molecule has 1 amide bonds. The zero-order valence-electron chi connectivity index (χ0n) is 15.1. The summed E-state index contributed by atoms with van der Waals surface area (Å²) >= 11 is 0. The highest BCUT2D eigenvalue weighted by Crippen LogP contribution is 2.24. The van der Waals surface area contributed by atoms with Crippen molar-refractivity contribution in [2.24, 2.45) is 0 Å². The first kappa shape index (κ1) is 20.8. The van der Waals surface area contributed by atoms with Gasteiger partial charge in [0, 0.05) is 26.1 Å². The molecule has 0 aliphatic carbocycles. The van der Waals surface area contributed by atoms with Gasteiger partial charge in [-0.3, -0.25) is 4.79 Å². The standard InChI is InChI=1S/C19H30N2O2.ClH/c1-19(2,3)16-7-9-17(10-8-16)23-15-4-6-18(22)21-13-5-11-20-12-14-21;/h7-10,20H,4-6,11-15H2,1-3H3;1H. The molecule has 1 aromatic carbocycles. The van der Waals surface area contributed by atoms with Crippen molar-refractivity contribution in [3.63, 3.8) is 0 Å². The van der Waals surface area contributed by atoms with Crippen LogP contribution in [0.1, 0.15) is 45.6 Å². The van der Waals surface area contributed by atoms with Gasteiger partial charge < -0.3 is 15.0 Å². The first-order valence-corrected chi connectivity index (χ1v) is 8.69. The van der Waals surface area contributed by atoms with Crippen LogP contribution >= 0.6 is 12.4 Å². The highest BCUT2D eigenvalue weighted by atomic mass is 35.5. The number of benzene rings is 1. The fourth-order valence-electron chi connectivity index (χ4n) is 2.72. The van der Waals surface area contributed by atoms with Crippen LogP contribution in [0.15, 0.2) is 24.3 Å². The van der Waals surface area contributed by atoms with E-state index in [9.17, 15) is 4.79 Å². The predicted octanol–water partition coefficient (Wildman–Crippen LogP) is 3.39. The first-order chi connectivity index (χ1) is 11.0.